The van der Waals surface area contributed by atoms with Gasteiger partial charge in [0.2, 0.25) is 0 Å². The molecule has 2 rings (SSSR count). The van der Waals surface area contributed by atoms with Crippen LogP contribution in [0.1, 0.15) is 30.4 Å². The summed E-state index contributed by atoms with van der Waals surface area (Å²) in [6.45, 7) is 7.87. The summed E-state index contributed by atoms with van der Waals surface area (Å²) in [6.07, 6.45) is 4.64. The number of nitrogens with one attached hydrogen (secondary N) is 1. The predicted molar refractivity (Wildman–Crippen MR) is 70.6 cm³/mol. The lowest BCUT2D eigenvalue weighted by Gasteiger charge is -2.06. The molecule has 0 radical (unpaired) electrons. The molecule has 0 atom stereocenters. The Morgan fingerprint density at radius 1 is 1.28 bits per heavy atom. The van der Waals surface area contributed by atoms with Crippen molar-refractivity contribution < 1.29 is 0 Å². The van der Waals surface area contributed by atoms with Gasteiger partial charge in [0.15, 0.2) is 5.82 Å². The monoisotopic (exact) mass is 245 g/mol. The molecule has 2 aromatic rings. The number of nitrogens with zero attached hydrogens (tertiary/aromatic N) is 4. The topological polar surface area (TPSA) is 55.6 Å². The van der Waals surface area contributed by atoms with E-state index in [0.29, 0.717) is 0 Å². The number of aryl methyl sites for hydroxylation is 2. The first-order valence-electron chi connectivity index (χ1n) is 6.26. The lowest BCUT2D eigenvalue weighted by atomic mass is 10.4. The quantitative estimate of drug-likeness (QED) is 0.816. The van der Waals surface area contributed by atoms with E-state index in [4.69, 9.17) is 0 Å². The van der Waals surface area contributed by atoms with Crippen LogP contribution in [-0.2, 0) is 6.54 Å². The summed E-state index contributed by atoms with van der Waals surface area (Å²) < 4.78 is 1.83. The molecule has 0 aliphatic carbocycles. The van der Waals surface area contributed by atoms with Crippen molar-refractivity contribution in [2.24, 2.45) is 0 Å². The highest BCUT2D eigenvalue weighted by Crippen LogP contribution is 2.08. The van der Waals surface area contributed by atoms with Crippen molar-refractivity contribution in [3.05, 3.63) is 35.5 Å². The van der Waals surface area contributed by atoms with Gasteiger partial charge >= 0.3 is 0 Å². The van der Waals surface area contributed by atoms with E-state index in [-0.39, 0.29) is 0 Å². The molecule has 0 bridgehead atoms. The Morgan fingerprint density at radius 2 is 2.11 bits per heavy atom. The van der Waals surface area contributed by atoms with Crippen LogP contribution in [0.25, 0.3) is 5.82 Å². The van der Waals surface area contributed by atoms with Crippen molar-refractivity contribution in [3.63, 3.8) is 0 Å². The predicted octanol–water partition coefficient (Wildman–Crippen LogP) is 1.78. The third kappa shape index (κ3) is 2.92. The summed E-state index contributed by atoms with van der Waals surface area (Å²) >= 11 is 0. The maximum atomic E-state index is 4.56. The molecule has 0 saturated heterocycles. The summed E-state index contributed by atoms with van der Waals surface area (Å²) in [5, 5.41) is 7.73. The van der Waals surface area contributed by atoms with Crippen molar-refractivity contribution >= 4 is 0 Å². The lowest BCUT2D eigenvalue weighted by molar-refractivity contribution is 0.657. The van der Waals surface area contributed by atoms with Crippen molar-refractivity contribution in [3.8, 4) is 5.82 Å². The Morgan fingerprint density at radius 3 is 2.78 bits per heavy atom. The van der Waals surface area contributed by atoms with Crippen molar-refractivity contribution in [2.75, 3.05) is 6.54 Å². The largest absolute Gasteiger partial charge is 0.311 e. The second kappa shape index (κ2) is 5.73. The van der Waals surface area contributed by atoms with Gasteiger partial charge in [-0.25, -0.2) is 9.67 Å². The molecule has 18 heavy (non-hydrogen) atoms. The van der Waals surface area contributed by atoms with Gasteiger partial charge in [0.1, 0.15) is 0 Å². The SMILES string of the molecule is CCCNCc1cncc(-n2nc(C)cc2C)n1. The molecule has 1 N–H and O–H groups in total. The molecule has 5 nitrogen and oxygen atoms in total. The summed E-state index contributed by atoms with van der Waals surface area (Å²) in [5.74, 6) is 0.774. The van der Waals surface area contributed by atoms with Crippen LogP contribution in [0, 0.1) is 13.8 Å². The zero-order chi connectivity index (χ0) is 13.0. The van der Waals surface area contributed by atoms with E-state index in [1.54, 1.807) is 12.4 Å². The van der Waals surface area contributed by atoms with E-state index >= 15 is 0 Å². The van der Waals surface area contributed by atoms with Crippen molar-refractivity contribution in [2.45, 2.75) is 33.7 Å². The van der Waals surface area contributed by atoms with Gasteiger partial charge in [-0.2, -0.15) is 5.10 Å². The van der Waals surface area contributed by atoms with Crippen LogP contribution in [0.4, 0.5) is 0 Å². The van der Waals surface area contributed by atoms with Crippen LogP contribution in [0.3, 0.4) is 0 Å². The van der Waals surface area contributed by atoms with Gasteiger partial charge in [0.25, 0.3) is 0 Å². The average Bonchev–Trinajstić information content (AvgIpc) is 2.69. The highest BCUT2D eigenvalue weighted by atomic mass is 15.3. The lowest BCUT2D eigenvalue weighted by Crippen LogP contribution is -2.16. The Kier molecular flexibility index (Phi) is 4.04. The summed E-state index contributed by atoms with van der Waals surface area (Å²) in [4.78, 5) is 8.79. The van der Waals surface area contributed by atoms with Crippen LogP contribution in [0.2, 0.25) is 0 Å². The Balaban J connectivity index is 2.19. The maximum absolute atomic E-state index is 4.56. The van der Waals surface area contributed by atoms with Crippen LogP contribution >= 0.6 is 0 Å². The van der Waals surface area contributed by atoms with E-state index in [2.05, 4.69) is 27.3 Å². The molecule has 2 aromatic heterocycles. The zero-order valence-corrected chi connectivity index (χ0v) is 11.1. The smallest absolute Gasteiger partial charge is 0.172 e. The van der Waals surface area contributed by atoms with Gasteiger partial charge in [-0.3, -0.25) is 4.98 Å². The molecule has 0 fully saturated rings. The Bertz CT molecular complexity index is 518. The molecule has 0 amide bonds. The van der Waals surface area contributed by atoms with Gasteiger partial charge < -0.3 is 5.32 Å². The van der Waals surface area contributed by atoms with Gasteiger partial charge in [-0.15, -0.1) is 0 Å². The second-order valence-electron chi connectivity index (χ2n) is 4.38. The molecule has 0 aliphatic rings. The fraction of sp³-hybridized carbons (Fsp3) is 0.462. The normalized spacial score (nSPS) is 10.8. The van der Waals surface area contributed by atoms with Crippen LogP contribution in [0.5, 0.6) is 0 Å². The highest BCUT2D eigenvalue weighted by Gasteiger charge is 2.06. The molecular weight excluding hydrogens is 226 g/mol. The van der Waals surface area contributed by atoms with Crippen LogP contribution < -0.4 is 5.32 Å². The first kappa shape index (κ1) is 12.7. The Labute approximate surface area is 107 Å². The third-order valence-electron chi connectivity index (χ3n) is 2.63. The number of hydrogen-bond donors (Lipinski definition) is 1. The van der Waals surface area contributed by atoms with Gasteiger partial charge in [0, 0.05) is 18.4 Å². The summed E-state index contributed by atoms with van der Waals surface area (Å²) in [6, 6.07) is 2.03. The fourth-order valence-electron chi connectivity index (χ4n) is 1.84. The standard InChI is InChI=1S/C13H19N5/c1-4-5-14-7-12-8-15-9-13(16-12)18-11(3)6-10(2)17-18/h6,8-9,14H,4-5,7H2,1-3H3. The first-order valence-corrected chi connectivity index (χ1v) is 6.26. The number of hydrogen-bond acceptors (Lipinski definition) is 4. The Hall–Kier alpha value is -1.75. The number of aromatic nitrogens is 4. The minimum Gasteiger partial charge on any atom is -0.311 e. The first-order chi connectivity index (χ1) is 8.70. The second-order valence-corrected chi connectivity index (χ2v) is 4.38. The molecule has 0 saturated carbocycles. The van der Waals surface area contributed by atoms with E-state index in [9.17, 15) is 0 Å². The molecule has 0 aromatic carbocycles. The molecule has 96 valence electrons. The van der Waals surface area contributed by atoms with Gasteiger partial charge in [-0.1, -0.05) is 6.92 Å². The van der Waals surface area contributed by atoms with Gasteiger partial charge in [-0.05, 0) is 32.9 Å². The van der Waals surface area contributed by atoms with Crippen LogP contribution in [0.15, 0.2) is 18.5 Å². The molecule has 0 aliphatic heterocycles. The van der Waals surface area contributed by atoms with Gasteiger partial charge in [0.05, 0.1) is 17.6 Å². The molecular formula is C13H19N5. The molecule has 0 unspecified atom stereocenters. The minimum absolute atomic E-state index is 0.744. The molecule has 2 heterocycles. The summed E-state index contributed by atoms with van der Waals surface area (Å²) in [5.41, 5.74) is 3.00. The summed E-state index contributed by atoms with van der Waals surface area (Å²) in [7, 11) is 0. The van der Waals surface area contributed by atoms with Crippen LogP contribution in [-0.4, -0.2) is 26.3 Å². The number of rotatable bonds is 5. The highest BCUT2D eigenvalue weighted by molar-refractivity contribution is 5.23. The van der Waals surface area contributed by atoms with E-state index in [1.165, 1.54) is 0 Å². The van der Waals surface area contributed by atoms with E-state index < -0.39 is 0 Å². The fourth-order valence-corrected chi connectivity index (χ4v) is 1.84. The molecule has 5 heteroatoms. The van der Waals surface area contributed by atoms with Crippen molar-refractivity contribution in [1.82, 2.24) is 25.1 Å². The van der Waals surface area contributed by atoms with Crippen molar-refractivity contribution in [1.29, 1.82) is 0 Å². The molecule has 0 spiro atoms. The zero-order valence-electron chi connectivity index (χ0n) is 11.1. The van der Waals surface area contributed by atoms with E-state index in [0.717, 1.165) is 42.4 Å². The minimum atomic E-state index is 0.744. The average molecular weight is 245 g/mol. The third-order valence-corrected chi connectivity index (χ3v) is 2.63. The maximum Gasteiger partial charge on any atom is 0.172 e. The van der Waals surface area contributed by atoms with E-state index in [1.807, 2.05) is 24.6 Å².